The first kappa shape index (κ1) is 73.1. The first-order valence-electron chi connectivity index (χ1n) is 44.8. The summed E-state index contributed by atoms with van der Waals surface area (Å²) in [6, 6.07) is 151. The van der Waals surface area contributed by atoms with Gasteiger partial charge in [-0.2, -0.15) is 0 Å². The van der Waals surface area contributed by atoms with Crippen molar-refractivity contribution >= 4 is 125 Å². The van der Waals surface area contributed by atoms with E-state index in [4.69, 9.17) is 24.9 Å². The molecule has 0 radical (unpaired) electrons. The van der Waals surface area contributed by atoms with Gasteiger partial charge in [0.25, 0.3) is 0 Å². The van der Waals surface area contributed by atoms with E-state index in [9.17, 15) is 0 Å². The van der Waals surface area contributed by atoms with Gasteiger partial charge in [-0.15, -0.1) is 34.0 Å². The molecule has 0 aliphatic heterocycles. The number of fused-ring (bicyclic) bond motifs is 45. The second-order valence-electron chi connectivity index (χ2n) is 35.3. The average molecular weight is 1720 g/mol. The van der Waals surface area contributed by atoms with Gasteiger partial charge < -0.3 is 0 Å². The van der Waals surface area contributed by atoms with E-state index in [0.717, 1.165) is 82.9 Å². The molecule has 25 aromatic rings. The lowest BCUT2D eigenvalue weighted by Gasteiger charge is -2.29. The maximum absolute atomic E-state index is 5.34. The number of pyridine rings is 3. The Labute approximate surface area is 765 Å². The van der Waals surface area contributed by atoms with Gasteiger partial charge in [0.1, 0.15) is 11.5 Å². The lowest BCUT2D eigenvalue weighted by atomic mass is 9.73. The highest BCUT2D eigenvalue weighted by Gasteiger charge is 2.57. The number of para-hydroxylation sites is 4. The van der Waals surface area contributed by atoms with Gasteiger partial charge >= 0.3 is 0 Å². The zero-order valence-corrected chi connectivity index (χ0v) is 72.8. The Morgan fingerprint density at radius 1 is 0.221 bits per heavy atom. The van der Waals surface area contributed by atoms with Gasteiger partial charge in [0, 0.05) is 112 Å². The van der Waals surface area contributed by atoms with Crippen molar-refractivity contribution in [2.24, 2.45) is 0 Å². The molecular formula is C122H70N6S3. The van der Waals surface area contributed by atoms with Crippen LogP contribution in [0.4, 0.5) is 0 Å². The van der Waals surface area contributed by atoms with Gasteiger partial charge in [0.15, 0.2) is 0 Å². The topological polar surface area (TPSA) is 68.9 Å². The summed E-state index contributed by atoms with van der Waals surface area (Å²) in [6.45, 7) is 0. The average Bonchev–Trinajstić information content (AvgIpc) is 1.50. The zero-order valence-electron chi connectivity index (χ0n) is 70.3. The summed E-state index contributed by atoms with van der Waals surface area (Å²) in [5, 5.41) is 8.44. The number of thiophene rings is 3. The third kappa shape index (κ3) is 9.85. The fraction of sp³-hybridized carbons (Fsp3) is 0.0246. The molecule has 131 heavy (non-hydrogen) atoms. The molecule has 8 aromatic heterocycles. The molecule has 0 saturated heterocycles. The Hall–Kier alpha value is -16.0. The van der Waals surface area contributed by atoms with Gasteiger partial charge in [-0.05, 0) is 190 Å². The van der Waals surface area contributed by atoms with Crippen molar-refractivity contribution in [3.63, 3.8) is 0 Å². The van der Waals surface area contributed by atoms with Gasteiger partial charge in [-0.1, -0.05) is 340 Å². The molecular weight excluding hydrogens is 1650 g/mol. The lowest BCUT2D eigenvalue weighted by Crippen LogP contribution is -2.25. The van der Waals surface area contributed by atoms with Crippen molar-refractivity contribution in [3.05, 3.63) is 490 Å². The SMILES string of the molecule is c1ccc2c(c1)-c1ccc(-c3ccc(-c4cccc5cccnc45)cc3)cc1C21c2ccccc2-c2c1sc1ccccc21.c1ccc2c(c1)-c1ccccc1C21c2cc(-c3nc4ccccc4c4nc5ccccc5n34)ccc2-c2c1sc1ccccc21.c1ccc2c(c1)-c1ccccc1C21c2cccc(-c3ccc4ccc5cccnc5c4n3)c2-c2c1sc1ccccc21. The summed E-state index contributed by atoms with van der Waals surface area (Å²) in [5.74, 6) is 0.912. The van der Waals surface area contributed by atoms with Gasteiger partial charge in [0.05, 0.1) is 55.0 Å². The molecule has 0 bridgehead atoms. The monoisotopic (exact) mass is 1710 g/mol. The molecule has 31 rings (SSSR count). The lowest BCUT2D eigenvalue weighted by molar-refractivity contribution is 0.811. The van der Waals surface area contributed by atoms with E-state index in [1.54, 1.807) is 0 Å². The molecule has 9 heteroatoms. The first-order valence-corrected chi connectivity index (χ1v) is 47.3. The standard InChI is InChI=1S/C42H25NS.C41H23N3S.C39H22N2S/c1-4-15-35-31(11-1)32-23-22-29(26-18-20-27(21-19-26)30-14-7-9-28-10-8-24-43-40(28)30)25-37(32)42(35)36-16-5-2-12-33(36)39-34-13-3-6-17-38(34)44-41(39)42;1-5-15-30-25(11-1)26-12-2-6-16-31(26)41(30)32-23-24(21-22-27(32)37-29-14-4-10-20-36(29)45-38(37)41)39-42-33-17-7-3-13-28(33)40-43-34-18-8-9-19-35(34)44(39)40;1-4-14-29-25(10-1)26-11-2-5-15-30(26)39(29)31-16-7-13-27(34(31)35-28-12-3-6-17-33(28)42-38(35)39)32-21-20-24-19-18-23-9-8-22-40-36(23)37(24)41-32/h1-25H;1-23H;1-22H. The van der Waals surface area contributed by atoms with Crippen molar-refractivity contribution in [2.45, 2.75) is 16.2 Å². The number of benzene rings is 17. The van der Waals surface area contributed by atoms with E-state index in [2.05, 4.69) is 405 Å². The van der Waals surface area contributed by atoms with Crippen LogP contribution < -0.4 is 0 Å². The van der Waals surface area contributed by atoms with Crippen molar-refractivity contribution in [1.29, 1.82) is 0 Å². The van der Waals surface area contributed by atoms with E-state index in [-0.39, 0.29) is 10.8 Å². The fourth-order valence-corrected chi connectivity index (χ4v) is 28.1. The van der Waals surface area contributed by atoms with Crippen LogP contribution in [-0.4, -0.2) is 29.3 Å². The minimum Gasteiger partial charge on any atom is -0.276 e. The highest BCUT2D eigenvalue weighted by molar-refractivity contribution is 7.21. The third-order valence-electron chi connectivity index (χ3n) is 29.0. The maximum atomic E-state index is 5.34. The minimum atomic E-state index is -0.398. The summed E-state index contributed by atoms with van der Waals surface area (Å²) >= 11 is 5.85. The van der Waals surface area contributed by atoms with E-state index >= 15 is 0 Å². The minimum absolute atomic E-state index is 0.327. The van der Waals surface area contributed by atoms with Crippen LogP contribution in [-0.2, 0) is 16.2 Å². The summed E-state index contributed by atoms with van der Waals surface area (Å²) in [6.07, 6.45) is 3.74. The molecule has 6 nitrogen and oxygen atoms in total. The van der Waals surface area contributed by atoms with Crippen molar-refractivity contribution < 1.29 is 0 Å². The molecule has 0 fully saturated rings. The van der Waals surface area contributed by atoms with E-state index < -0.39 is 5.41 Å². The van der Waals surface area contributed by atoms with Crippen LogP contribution in [0.25, 0.3) is 202 Å². The second kappa shape index (κ2) is 27.5. The van der Waals surface area contributed by atoms with Crippen LogP contribution in [0.1, 0.15) is 64.7 Å². The highest BCUT2D eigenvalue weighted by atomic mass is 32.1. The quantitative estimate of drug-likeness (QED) is 0.164. The second-order valence-corrected chi connectivity index (χ2v) is 38.4. The van der Waals surface area contributed by atoms with E-state index in [1.807, 2.05) is 58.5 Å². The molecule has 17 aromatic carbocycles. The molecule has 1 atom stereocenters. The molecule has 606 valence electrons. The van der Waals surface area contributed by atoms with Crippen LogP contribution in [0, 0.1) is 0 Å². The number of imidazole rings is 1. The predicted molar refractivity (Wildman–Crippen MR) is 544 cm³/mol. The Kier molecular flexibility index (Phi) is 15.3. The molecule has 8 heterocycles. The van der Waals surface area contributed by atoms with Gasteiger partial charge in [-0.3, -0.25) is 14.4 Å². The number of hydrogen-bond donors (Lipinski definition) is 0. The summed E-state index contributed by atoms with van der Waals surface area (Å²) in [5.41, 5.74) is 42.2. The van der Waals surface area contributed by atoms with Crippen LogP contribution in [0.15, 0.2) is 425 Å². The number of hydrogen-bond acceptors (Lipinski definition) is 8. The smallest absolute Gasteiger partial charge is 0.149 e. The summed E-state index contributed by atoms with van der Waals surface area (Å²) in [7, 11) is 0. The van der Waals surface area contributed by atoms with Crippen LogP contribution >= 0.6 is 34.0 Å². The van der Waals surface area contributed by atoms with Crippen molar-refractivity contribution in [1.82, 2.24) is 29.3 Å². The normalized spacial score (nSPS) is 14.6. The van der Waals surface area contributed by atoms with Gasteiger partial charge in [0.2, 0.25) is 0 Å². The predicted octanol–water partition coefficient (Wildman–Crippen LogP) is 31.4. The largest absolute Gasteiger partial charge is 0.276 e. The molecule has 0 saturated carbocycles. The van der Waals surface area contributed by atoms with Gasteiger partial charge in [-0.25, -0.2) is 15.0 Å². The molecule has 0 N–H and O–H groups in total. The van der Waals surface area contributed by atoms with Crippen molar-refractivity contribution in [3.8, 4) is 112 Å². The third-order valence-corrected chi connectivity index (χ3v) is 32.9. The molecule has 1 unspecified atom stereocenters. The van der Waals surface area contributed by atoms with Crippen LogP contribution in [0.5, 0.6) is 0 Å². The maximum Gasteiger partial charge on any atom is 0.149 e. The van der Waals surface area contributed by atoms with E-state index in [0.29, 0.717) is 0 Å². The van der Waals surface area contributed by atoms with E-state index in [1.165, 1.54) is 184 Å². The highest BCUT2D eigenvalue weighted by Crippen LogP contribution is 2.71. The van der Waals surface area contributed by atoms with Crippen LogP contribution in [0.2, 0.25) is 0 Å². The first-order chi connectivity index (χ1) is 65.0. The molecule has 6 aliphatic carbocycles. The summed E-state index contributed by atoms with van der Waals surface area (Å²) < 4.78 is 6.27. The van der Waals surface area contributed by atoms with Crippen molar-refractivity contribution in [2.75, 3.05) is 0 Å². The fourth-order valence-electron chi connectivity index (χ4n) is 23.8. The Balaban J connectivity index is 0.0000000966. The molecule has 0 amide bonds. The Morgan fingerprint density at radius 2 is 0.611 bits per heavy atom. The molecule has 3 spiro atoms. The number of rotatable bonds is 4. The zero-order chi connectivity index (χ0) is 85.5. The van der Waals surface area contributed by atoms with Crippen LogP contribution in [0.3, 0.4) is 0 Å². The Bertz CT molecular complexity index is 9210. The molecule has 6 aliphatic rings. The Morgan fingerprint density at radius 3 is 1.22 bits per heavy atom. The number of aromatic nitrogens is 6. The summed E-state index contributed by atoms with van der Waals surface area (Å²) in [4.78, 5) is 29.5. The number of nitrogens with zero attached hydrogens (tertiary/aromatic N) is 6.